The van der Waals surface area contributed by atoms with Gasteiger partial charge in [-0.25, -0.2) is 4.98 Å². The minimum Gasteiger partial charge on any atom is -0.337 e. The van der Waals surface area contributed by atoms with Crippen LogP contribution in [0.3, 0.4) is 0 Å². The Hall–Kier alpha value is -0.0900. The first-order valence-corrected chi connectivity index (χ1v) is 6.85. The van der Waals surface area contributed by atoms with Crippen LogP contribution in [0.25, 0.3) is 0 Å². The molecule has 0 N–H and O–H groups in total. The zero-order valence-electron chi connectivity index (χ0n) is 7.98. The summed E-state index contributed by atoms with van der Waals surface area (Å²) in [5.74, 6) is 4.99. The number of thioether (sulfide) groups is 2. The van der Waals surface area contributed by atoms with Crippen LogP contribution in [0.1, 0.15) is 6.92 Å². The predicted molar refractivity (Wildman–Crippen MR) is 62.6 cm³/mol. The first kappa shape index (κ1) is 11.0. The first-order valence-electron chi connectivity index (χ1n) is 4.54. The van der Waals surface area contributed by atoms with Crippen molar-refractivity contribution >= 4 is 23.5 Å². The molecule has 0 radical (unpaired) electrons. The van der Waals surface area contributed by atoms with Crippen LogP contribution in [0.5, 0.6) is 0 Å². The fourth-order valence-corrected chi connectivity index (χ4v) is 2.73. The number of imidazole rings is 1. The Labute approximate surface area is 88.5 Å². The van der Waals surface area contributed by atoms with Crippen molar-refractivity contribution in [3.8, 4) is 0 Å². The molecule has 0 unspecified atom stereocenters. The molecule has 0 fully saturated rings. The molecule has 1 heterocycles. The number of hydrogen-bond acceptors (Lipinski definition) is 3. The lowest BCUT2D eigenvalue weighted by Gasteiger charge is -2.01. The standard InChI is InChI=1S/C9H16N2S2/c1-2-12-7-8-13-6-5-11-4-3-10-9-11/h3-4,9H,2,5-8H2,1H3. The van der Waals surface area contributed by atoms with Gasteiger partial charge in [0, 0.05) is 36.2 Å². The van der Waals surface area contributed by atoms with Gasteiger partial charge in [0.25, 0.3) is 0 Å². The van der Waals surface area contributed by atoms with E-state index in [4.69, 9.17) is 0 Å². The zero-order valence-corrected chi connectivity index (χ0v) is 9.61. The van der Waals surface area contributed by atoms with Crippen molar-refractivity contribution in [1.82, 2.24) is 9.55 Å². The first-order chi connectivity index (χ1) is 6.43. The summed E-state index contributed by atoms with van der Waals surface area (Å²) in [6.07, 6.45) is 5.72. The third-order valence-electron chi connectivity index (χ3n) is 1.63. The van der Waals surface area contributed by atoms with Crippen LogP contribution in [-0.2, 0) is 6.54 Å². The van der Waals surface area contributed by atoms with E-state index in [0.717, 1.165) is 6.54 Å². The Morgan fingerprint density at radius 2 is 2.08 bits per heavy atom. The van der Waals surface area contributed by atoms with Crippen LogP contribution in [0.15, 0.2) is 18.7 Å². The summed E-state index contributed by atoms with van der Waals surface area (Å²) in [6, 6.07) is 0. The van der Waals surface area contributed by atoms with Gasteiger partial charge in [0.2, 0.25) is 0 Å². The van der Waals surface area contributed by atoms with Gasteiger partial charge in [-0.15, -0.1) is 0 Å². The summed E-state index contributed by atoms with van der Waals surface area (Å²) < 4.78 is 2.12. The molecule has 0 saturated carbocycles. The van der Waals surface area contributed by atoms with Gasteiger partial charge in [-0.05, 0) is 5.75 Å². The molecule has 0 atom stereocenters. The maximum absolute atomic E-state index is 4.00. The fourth-order valence-electron chi connectivity index (χ4n) is 0.953. The second-order valence-electron chi connectivity index (χ2n) is 2.61. The number of hydrogen-bond donors (Lipinski definition) is 0. The second kappa shape index (κ2) is 7.33. The Balaban J connectivity index is 1.90. The van der Waals surface area contributed by atoms with Gasteiger partial charge >= 0.3 is 0 Å². The molecule has 4 heteroatoms. The van der Waals surface area contributed by atoms with Crippen molar-refractivity contribution < 1.29 is 0 Å². The van der Waals surface area contributed by atoms with Crippen LogP contribution in [0, 0.1) is 0 Å². The van der Waals surface area contributed by atoms with Gasteiger partial charge in [-0.3, -0.25) is 0 Å². The fraction of sp³-hybridized carbons (Fsp3) is 0.667. The summed E-state index contributed by atoms with van der Waals surface area (Å²) in [4.78, 5) is 4.00. The van der Waals surface area contributed by atoms with E-state index in [2.05, 4.69) is 16.5 Å². The van der Waals surface area contributed by atoms with Crippen LogP contribution in [-0.4, -0.2) is 32.6 Å². The molecular formula is C9H16N2S2. The molecule has 0 aliphatic rings. The summed E-state index contributed by atoms with van der Waals surface area (Å²) in [5, 5.41) is 0. The molecule has 13 heavy (non-hydrogen) atoms. The molecule has 1 aromatic heterocycles. The molecule has 74 valence electrons. The highest BCUT2D eigenvalue weighted by molar-refractivity contribution is 8.02. The Bertz CT molecular complexity index is 199. The van der Waals surface area contributed by atoms with E-state index in [1.807, 2.05) is 42.2 Å². The van der Waals surface area contributed by atoms with Gasteiger partial charge < -0.3 is 4.57 Å². The van der Waals surface area contributed by atoms with Crippen LogP contribution < -0.4 is 0 Å². The third-order valence-corrected chi connectivity index (χ3v) is 3.75. The van der Waals surface area contributed by atoms with Gasteiger partial charge in [-0.2, -0.15) is 23.5 Å². The highest BCUT2D eigenvalue weighted by Crippen LogP contribution is 2.06. The van der Waals surface area contributed by atoms with E-state index >= 15 is 0 Å². The maximum atomic E-state index is 4.00. The Kier molecular flexibility index (Phi) is 6.19. The van der Waals surface area contributed by atoms with Crippen LogP contribution in [0.4, 0.5) is 0 Å². The van der Waals surface area contributed by atoms with E-state index in [9.17, 15) is 0 Å². The number of aromatic nitrogens is 2. The van der Waals surface area contributed by atoms with E-state index in [-0.39, 0.29) is 0 Å². The summed E-state index contributed by atoms with van der Waals surface area (Å²) in [6.45, 7) is 3.29. The lowest BCUT2D eigenvalue weighted by atomic mass is 10.7. The summed E-state index contributed by atoms with van der Waals surface area (Å²) >= 11 is 4.04. The highest BCUT2D eigenvalue weighted by Gasteiger charge is 1.91. The van der Waals surface area contributed by atoms with E-state index in [1.165, 1.54) is 23.0 Å². The molecule has 0 aliphatic carbocycles. The average molecular weight is 216 g/mol. The van der Waals surface area contributed by atoms with Gasteiger partial charge in [0.15, 0.2) is 0 Å². The molecule has 0 aliphatic heterocycles. The largest absolute Gasteiger partial charge is 0.337 e. The van der Waals surface area contributed by atoms with Gasteiger partial charge in [0.1, 0.15) is 0 Å². The monoisotopic (exact) mass is 216 g/mol. The number of aryl methyl sites for hydroxylation is 1. The lowest BCUT2D eigenvalue weighted by Crippen LogP contribution is -1.98. The quantitative estimate of drug-likeness (QED) is 0.652. The van der Waals surface area contributed by atoms with Crippen molar-refractivity contribution in [1.29, 1.82) is 0 Å². The molecule has 0 aromatic carbocycles. The Morgan fingerprint density at radius 3 is 2.77 bits per heavy atom. The molecule has 1 aromatic rings. The smallest absolute Gasteiger partial charge is 0.0946 e. The lowest BCUT2D eigenvalue weighted by molar-refractivity contribution is 0.770. The normalized spacial score (nSPS) is 10.5. The summed E-state index contributed by atoms with van der Waals surface area (Å²) in [7, 11) is 0. The van der Waals surface area contributed by atoms with Crippen molar-refractivity contribution in [2.24, 2.45) is 0 Å². The van der Waals surface area contributed by atoms with Crippen LogP contribution in [0.2, 0.25) is 0 Å². The molecule has 0 amide bonds. The van der Waals surface area contributed by atoms with Crippen molar-refractivity contribution in [2.75, 3.05) is 23.0 Å². The number of rotatable bonds is 7. The van der Waals surface area contributed by atoms with E-state index in [1.54, 1.807) is 0 Å². The molecule has 1 rings (SSSR count). The predicted octanol–water partition coefficient (Wildman–Crippen LogP) is 2.37. The number of nitrogens with zero attached hydrogens (tertiary/aromatic N) is 2. The maximum Gasteiger partial charge on any atom is 0.0946 e. The van der Waals surface area contributed by atoms with E-state index in [0.29, 0.717) is 0 Å². The third kappa shape index (κ3) is 5.26. The van der Waals surface area contributed by atoms with Crippen molar-refractivity contribution in [3.05, 3.63) is 18.7 Å². The second-order valence-corrected chi connectivity index (χ2v) is 5.23. The molecule has 0 bridgehead atoms. The molecular weight excluding hydrogens is 200 g/mol. The van der Waals surface area contributed by atoms with Crippen molar-refractivity contribution in [2.45, 2.75) is 13.5 Å². The SMILES string of the molecule is CCSCCSCCn1ccnc1. The van der Waals surface area contributed by atoms with Crippen molar-refractivity contribution in [3.63, 3.8) is 0 Å². The topological polar surface area (TPSA) is 17.8 Å². The molecule has 2 nitrogen and oxygen atoms in total. The molecule has 0 saturated heterocycles. The van der Waals surface area contributed by atoms with Gasteiger partial charge in [0.05, 0.1) is 6.33 Å². The van der Waals surface area contributed by atoms with E-state index < -0.39 is 0 Å². The average Bonchev–Trinajstić information content (AvgIpc) is 2.63. The molecule has 0 spiro atoms. The highest BCUT2D eigenvalue weighted by atomic mass is 32.2. The summed E-state index contributed by atoms with van der Waals surface area (Å²) in [5.41, 5.74) is 0. The Morgan fingerprint density at radius 1 is 1.23 bits per heavy atom. The van der Waals surface area contributed by atoms with Gasteiger partial charge in [-0.1, -0.05) is 6.92 Å². The zero-order chi connectivity index (χ0) is 9.36. The van der Waals surface area contributed by atoms with Crippen LogP contribution >= 0.6 is 23.5 Å². The minimum absolute atomic E-state index is 1.08. The minimum atomic E-state index is 1.08.